The number of nitrogens with zero attached hydrogens (tertiary/aromatic N) is 3. The Morgan fingerprint density at radius 2 is 1.92 bits per heavy atom. The van der Waals surface area contributed by atoms with Gasteiger partial charge in [0.25, 0.3) is 0 Å². The molecule has 0 atom stereocenters. The summed E-state index contributed by atoms with van der Waals surface area (Å²) < 4.78 is 8.14. The average molecular weight is 518 g/mol. The van der Waals surface area contributed by atoms with Gasteiger partial charge >= 0.3 is 0 Å². The number of carbonyl (C=O) groups excluding carboxylic acids is 1. The van der Waals surface area contributed by atoms with Gasteiger partial charge in [0.1, 0.15) is 17.3 Å². The van der Waals surface area contributed by atoms with Crippen LogP contribution in [0.3, 0.4) is 0 Å². The van der Waals surface area contributed by atoms with Gasteiger partial charge in [-0.05, 0) is 73.8 Å². The number of nitrogens with one attached hydrogen (secondary N) is 2. The highest BCUT2D eigenvalue weighted by Gasteiger charge is 2.21. The van der Waals surface area contributed by atoms with E-state index in [0.29, 0.717) is 23.8 Å². The number of ether oxygens (including phenoxy) is 1. The van der Waals surface area contributed by atoms with Crippen LogP contribution in [0.15, 0.2) is 54.7 Å². The Kier molecular flexibility index (Phi) is 7.44. The summed E-state index contributed by atoms with van der Waals surface area (Å²) in [6.45, 7) is 6.05. The molecule has 192 valence electrons. The first-order chi connectivity index (χ1) is 17.9. The minimum atomic E-state index is 0.117. The molecule has 3 heterocycles. The first kappa shape index (κ1) is 25.2. The molecule has 7 nitrogen and oxygen atoms in total. The molecule has 1 aliphatic heterocycles. The van der Waals surface area contributed by atoms with E-state index in [0.717, 1.165) is 64.9 Å². The molecule has 5 rings (SSSR count). The van der Waals surface area contributed by atoms with Gasteiger partial charge in [-0.2, -0.15) is 0 Å². The SMILES string of the molecule is CC(C)c1cc(Nc2nc3cc(Oc4ccnc(CC(=O)C5CCNCC5)c4)ccc3n2C)ccc1Cl. The van der Waals surface area contributed by atoms with E-state index in [4.69, 9.17) is 21.3 Å². The lowest BCUT2D eigenvalue weighted by atomic mass is 9.91. The van der Waals surface area contributed by atoms with Gasteiger partial charge in [0.15, 0.2) is 0 Å². The largest absolute Gasteiger partial charge is 0.457 e. The number of hydrogen-bond acceptors (Lipinski definition) is 6. The number of pyridine rings is 1. The lowest BCUT2D eigenvalue weighted by Gasteiger charge is -2.21. The monoisotopic (exact) mass is 517 g/mol. The molecular weight excluding hydrogens is 486 g/mol. The van der Waals surface area contributed by atoms with Crippen molar-refractivity contribution >= 4 is 40.1 Å². The summed E-state index contributed by atoms with van der Waals surface area (Å²) >= 11 is 6.36. The van der Waals surface area contributed by atoms with Crippen LogP contribution in [-0.2, 0) is 18.3 Å². The molecule has 1 aliphatic rings. The molecule has 8 heteroatoms. The lowest BCUT2D eigenvalue weighted by Crippen LogP contribution is -2.32. The summed E-state index contributed by atoms with van der Waals surface area (Å²) in [5, 5.41) is 7.48. The van der Waals surface area contributed by atoms with Crippen molar-refractivity contribution in [2.24, 2.45) is 13.0 Å². The van der Waals surface area contributed by atoms with Gasteiger partial charge in [-0.25, -0.2) is 4.98 Å². The van der Waals surface area contributed by atoms with E-state index < -0.39 is 0 Å². The molecule has 2 aromatic heterocycles. The molecule has 2 N–H and O–H groups in total. The van der Waals surface area contributed by atoms with E-state index in [1.54, 1.807) is 12.3 Å². The second-order valence-corrected chi connectivity index (χ2v) is 10.3. The smallest absolute Gasteiger partial charge is 0.208 e. The predicted octanol–water partition coefficient (Wildman–Crippen LogP) is 6.39. The fourth-order valence-corrected chi connectivity index (χ4v) is 5.10. The van der Waals surface area contributed by atoms with Crippen LogP contribution in [0, 0.1) is 5.92 Å². The second-order valence-electron chi connectivity index (χ2n) is 9.91. The molecule has 2 aromatic carbocycles. The summed E-state index contributed by atoms with van der Waals surface area (Å²) in [6, 6.07) is 15.4. The maximum atomic E-state index is 12.7. The fraction of sp³-hybridized carbons (Fsp3) is 0.345. The zero-order valence-electron chi connectivity index (χ0n) is 21.4. The number of fused-ring (bicyclic) bond motifs is 1. The van der Waals surface area contributed by atoms with E-state index in [9.17, 15) is 4.79 Å². The highest BCUT2D eigenvalue weighted by molar-refractivity contribution is 6.31. The number of anilines is 2. The van der Waals surface area contributed by atoms with Gasteiger partial charge in [-0.3, -0.25) is 9.78 Å². The summed E-state index contributed by atoms with van der Waals surface area (Å²) in [6.07, 6.45) is 3.82. The van der Waals surface area contributed by atoms with Crippen LogP contribution in [0.2, 0.25) is 5.02 Å². The van der Waals surface area contributed by atoms with E-state index in [1.165, 1.54) is 0 Å². The van der Waals surface area contributed by atoms with Gasteiger partial charge in [0.05, 0.1) is 16.7 Å². The Morgan fingerprint density at radius 1 is 1.14 bits per heavy atom. The van der Waals surface area contributed by atoms with Crippen molar-refractivity contribution in [2.75, 3.05) is 18.4 Å². The lowest BCUT2D eigenvalue weighted by molar-refractivity contribution is -0.123. The number of benzene rings is 2. The van der Waals surface area contributed by atoms with Gasteiger partial charge in [-0.1, -0.05) is 25.4 Å². The van der Waals surface area contributed by atoms with Gasteiger partial charge < -0.3 is 19.9 Å². The normalized spacial score (nSPS) is 14.3. The van der Waals surface area contributed by atoms with Crippen LogP contribution >= 0.6 is 11.6 Å². The van der Waals surface area contributed by atoms with Crippen LogP contribution < -0.4 is 15.4 Å². The highest BCUT2D eigenvalue weighted by Crippen LogP contribution is 2.31. The van der Waals surface area contributed by atoms with Crippen molar-refractivity contribution in [3.05, 3.63) is 71.0 Å². The number of aryl methyl sites for hydroxylation is 1. The molecule has 0 aliphatic carbocycles. The van der Waals surface area contributed by atoms with E-state index in [1.807, 2.05) is 48.0 Å². The van der Waals surface area contributed by atoms with Crippen molar-refractivity contribution in [1.29, 1.82) is 0 Å². The van der Waals surface area contributed by atoms with Crippen molar-refractivity contribution in [3.63, 3.8) is 0 Å². The van der Waals surface area contributed by atoms with E-state index >= 15 is 0 Å². The maximum Gasteiger partial charge on any atom is 0.208 e. The van der Waals surface area contributed by atoms with E-state index in [-0.39, 0.29) is 11.7 Å². The standard InChI is InChI=1S/C29H32ClN5O2/c1-18(2)24-15-20(4-6-25(24)30)33-29-34-26-17-22(5-7-27(26)35(29)3)37-23-10-13-32-21(14-23)16-28(36)19-8-11-31-12-9-19/h4-7,10,13-15,17-19,31H,8-9,11-12,16H2,1-3H3,(H,33,34). The third-order valence-corrected chi connectivity index (χ3v) is 7.24. The van der Waals surface area contributed by atoms with Crippen molar-refractivity contribution in [1.82, 2.24) is 19.9 Å². The molecule has 0 bridgehead atoms. The van der Waals surface area contributed by atoms with Crippen molar-refractivity contribution < 1.29 is 9.53 Å². The zero-order valence-corrected chi connectivity index (χ0v) is 22.2. The minimum absolute atomic E-state index is 0.117. The number of imidazole rings is 1. The van der Waals surface area contributed by atoms with Crippen LogP contribution in [0.5, 0.6) is 11.5 Å². The average Bonchev–Trinajstić information content (AvgIpc) is 3.20. The third kappa shape index (κ3) is 5.78. The molecule has 0 unspecified atom stereocenters. The Morgan fingerprint density at radius 3 is 2.70 bits per heavy atom. The molecule has 1 fully saturated rings. The number of carbonyl (C=O) groups is 1. The summed E-state index contributed by atoms with van der Waals surface area (Å²) in [5.41, 5.74) is 4.56. The Labute approximate surface area is 222 Å². The molecule has 37 heavy (non-hydrogen) atoms. The zero-order chi connectivity index (χ0) is 25.9. The number of Topliss-reactive ketones (excluding diaryl/α,β-unsaturated/α-hetero) is 1. The van der Waals surface area contributed by atoms with Gasteiger partial charge in [0, 0.05) is 48.4 Å². The van der Waals surface area contributed by atoms with Crippen LogP contribution in [0.1, 0.15) is 43.9 Å². The Bertz CT molecular complexity index is 1430. The predicted molar refractivity (Wildman–Crippen MR) is 148 cm³/mol. The van der Waals surface area contributed by atoms with Crippen molar-refractivity contribution in [2.45, 2.75) is 39.0 Å². The number of aromatic nitrogens is 3. The first-order valence-corrected chi connectivity index (χ1v) is 13.1. The Hall–Kier alpha value is -3.42. The van der Waals surface area contributed by atoms with Crippen LogP contribution in [-0.4, -0.2) is 33.4 Å². The second kappa shape index (κ2) is 10.9. The summed E-state index contributed by atoms with van der Waals surface area (Å²) in [4.78, 5) is 21.9. The van der Waals surface area contributed by atoms with Crippen LogP contribution in [0.25, 0.3) is 11.0 Å². The quantitative estimate of drug-likeness (QED) is 0.282. The summed E-state index contributed by atoms with van der Waals surface area (Å²) in [5.74, 6) is 2.75. The Balaban J connectivity index is 1.31. The number of ketones is 1. The number of halogens is 1. The fourth-order valence-electron chi connectivity index (χ4n) is 4.77. The number of hydrogen-bond donors (Lipinski definition) is 2. The minimum Gasteiger partial charge on any atom is -0.457 e. The molecular formula is C29H32ClN5O2. The molecule has 0 radical (unpaired) electrons. The number of rotatable bonds is 8. The highest BCUT2D eigenvalue weighted by atomic mass is 35.5. The van der Waals surface area contributed by atoms with Crippen molar-refractivity contribution in [3.8, 4) is 11.5 Å². The van der Waals surface area contributed by atoms with Gasteiger partial charge in [0.2, 0.25) is 5.95 Å². The van der Waals surface area contributed by atoms with Gasteiger partial charge in [-0.15, -0.1) is 0 Å². The molecule has 0 amide bonds. The molecule has 4 aromatic rings. The third-order valence-electron chi connectivity index (χ3n) is 6.90. The topological polar surface area (TPSA) is 81.1 Å². The van der Waals surface area contributed by atoms with Crippen LogP contribution in [0.4, 0.5) is 11.6 Å². The molecule has 0 saturated carbocycles. The molecule has 0 spiro atoms. The first-order valence-electron chi connectivity index (χ1n) is 12.8. The van der Waals surface area contributed by atoms with E-state index in [2.05, 4.69) is 35.5 Å². The maximum absolute atomic E-state index is 12.7. The molecule has 1 saturated heterocycles. The summed E-state index contributed by atoms with van der Waals surface area (Å²) in [7, 11) is 1.98. The number of piperidine rings is 1.